The van der Waals surface area contributed by atoms with Crippen LogP contribution in [0.4, 0.5) is 0 Å². The van der Waals surface area contributed by atoms with Gasteiger partial charge in [0.25, 0.3) is 0 Å². The summed E-state index contributed by atoms with van der Waals surface area (Å²) in [5.41, 5.74) is 1.16. The number of ether oxygens (including phenoxy) is 1. The third kappa shape index (κ3) is 5.39. The zero-order valence-electron chi connectivity index (χ0n) is 14.2. The highest BCUT2D eigenvalue weighted by molar-refractivity contribution is 5.91. The van der Waals surface area contributed by atoms with Gasteiger partial charge in [-0.05, 0) is 41.5 Å². The quantitative estimate of drug-likeness (QED) is 0.345. The van der Waals surface area contributed by atoms with Gasteiger partial charge in [-0.3, -0.25) is 4.79 Å². The molecule has 0 aliphatic rings. The Morgan fingerprint density at radius 1 is 1.15 bits per heavy atom. The van der Waals surface area contributed by atoms with Crippen LogP contribution in [0.5, 0.6) is 17.2 Å². The third-order valence-electron chi connectivity index (χ3n) is 3.63. The highest BCUT2D eigenvalue weighted by atomic mass is 16.5. The number of allylic oxidation sites excluding steroid dienone is 2. The number of hydrogen-bond donors (Lipinski definition) is 4. The Morgan fingerprint density at radius 3 is 2.50 bits per heavy atom. The van der Waals surface area contributed by atoms with Gasteiger partial charge in [0.05, 0.1) is 13.2 Å². The lowest BCUT2D eigenvalue weighted by atomic mass is 10.0. The minimum absolute atomic E-state index is 0.0633. The van der Waals surface area contributed by atoms with E-state index in [0.29, 0.717) is 5.56 Å². The molecule has 6 nitrogen and oxygen atoms in total. The van der Waals surface area contributed by atoms with E-state index in [2.05, 4.69) is 0 Å². The first-order valence-corrected chi connectivity index (χ1v) is 7.84. The molecule has 6 heteroatoms. The van der Waals surface area contributed by atoms with Crippen LogP contribution in [-0.4, -0.2) is 33.3 Å². The van der Waals surface area contributed by atoms with Gasteiger partial charge in [-0.15, -0.1) is 0 Å². The zero-order chi connectivity index (χ0) is 19.1. The molecule has 0 saturated heterocycles. The van der Waals surface area contributed by atoms with Crippen LogP contribution in [0.15, 0.2) is 60.4 Å². The summed E-state index contributed by atoms with van der Waals surface area (Å²) >= 11 is 0. The molecule has 2 aromatic rings. The van der Waals surface area contributed by atoms with Crippen molar-refractivity contribution in [2.75, 3.05) is 7.11 Å². The van der Waals surface area contributed by atoms with Crippen LogP contribution in [0, 0.1) is 0 Å². The molecule has 0 saturated carbocycles. The van der Waals surface area contributed by atoms with E-state index < -0.39 is 11.9 Å². The van der Waals surface area contributed by atoms with Crippen molar-refractivity contribution in [3.05, 3.63) is 71.5 Å². The van der Waals surface area contributed by atoms with Crippen LogP contribution in [0.25, 0.3) is 6.08 Å². The van der Waals surface area contributed by atoms with Crippen LogP contribution in [0.1, 0.15) is 23.7 Å². The number of benzene rings is 2. The van der Waals surface area contributed by atoms with E-state index in [-0.39, 0.29) is 29.4 Å². The van der Waals surface area contributed by atoms with Gasteiger partial charge >= 0.3 is 0 Å². The number of rotatable bonds is 7. The first-order chi connectivity index (χ1) is 12.4. The largest absolute Gasteiger partial charge is 0.508 e. The maximum absolute atomic E-state index is 12.0. The van der Waals surface area contributed by atoms with Gasteiger partial charge in [0.1, 0.15) is 11.5 Å². The van der Waals surface area contributed by atoms with Crippen LogP contribution in [0.2, 0.25) is 0 Å². The van der Waals surface area contributed by atoms with Gasteiger partial charge in [-0.1, -0.05) is 24.3 Å². The molecule has 2 aromatic carbocycles. The number of phenols is 2. The molecule has 0 bridgehead atoms. The van der Waals surface area contributed by atoms with Gasteiger partial charge < -0.3 is 25.2 Å². The van der Waals surface area contributed by atoms with E-state index >= 15 is 0 Å². The fourth-order valence-electron chi connectivity index (χ4n) is 2.25. The summed E-state index contributed by atoms with van der Waals surface area (Å²) in [5.74, 6) is -0.441. The number of hydrogen-bond acceptors (Lipinski definition) is 6. The first-order valence-electron chi connectivity index (χ1n) is 7.84. The number of phenolic OH excluding ortho intramolecular Hbond substituents is 2. The molecule has 0 fully saturated rings. The average Bonchev–Trinajstić information content (AvgIpc) is 2.61. The number of carbonyl (C=O) groups is 1. The second-order valence-electron chi connectivity index (χ2n) is 5.61. The van der Waals surface area contributed by atoms with Gasteiger partial charge in [0.15, 0.2) is 17.3 Å². The summed E-state index contributed by atoms with van der Waals surface area (Å²) in [6, 6.07) is 10.6. The summed E-state index contributed by atoms with van der Waals surface area (Å²) in [4.78, 5) is 12.0. The van der Waals surface area contributed by atoms with Crippen molar-refractivity contribution in [2.24, 2.45) is 0 Å². The van der Waals surface area contributed by atoms with Crippen molar-refractivity contribution < 1.29 is 30.0 Å². The molecule has 0 spiro atoms. The Bertz CT molecular complexity index is 821. The van der Waals surface area contributed by atoms with Crippen molar-refractivity contribution in [3.63, 3.8) is 0 Å². The van der Waals surface area contributed by atoms with E-state index in [1.54, 1.807) is 18.2 Å². The van der Waals surface area contributed by atoms with Crippen LogP contribution in [-0.2, 0) is 4.79 Å². The maximum atomic E-state index is 12.0. The van der Waals surface area contributed by atoms with Gasteiger partial charge in [0.2, 0.25) is 0 Å². The monoisotopic (exact) mass is 356 g/mol. The number of aliphatic hydroxyl groups excluding tert-OH is 2. The molecular formula is C20H20O6. The molecule has 2 rings (SSSR count). The molecule has 136 valence electrons. The summed E-state index contributed by atoms with van der Waals surface area (Å²) in [7, 11) is 1.39. The molecule has 0 amide bonds. The van der Waals surface area contributed by atoms with Gasteiger partial charge in [-0.25, -0.2) is 0 Å². The Morgan fingerprint density at radius 2 is 1.85 bits per heavy atom. The minimum atomic E-state index is -1.10. The standard InChI is InChI=1S/C20H20O6/c1-26-20-10-14(5-9-18(20)24)19(25)12-17(23)11-16(22)8-4-13-2-6-15(21)7-3-13/h2-11,19,21-22,24-25H,12H2,1H3. The van der Waals surface area contributed by atoms with Crippen molar-refractivity contribution >= 4 is 11.9 Å². The summed E-state index contributed by atoms with van der Waals surface area (Å²) in [6.45, 7) is 0. The average molecular weight is 356 g/mol. The zero-order valence-corrected chi connectivity index (χ0v) is 14.2. The fourth-order valence-corrected chi connectivity index (χ4v) is 2.25. The van der Waals surface area contributed by atoms with Crippen LogP contribution >= 0.6 is 0 Å². The second-order valence-corrected chi connectivity index (χ2v) is 5.61. The SMILES string of the molecule is COc1cc(C(O)CC(=O)C=C(O)C=Cc2ccc(O)cc2)ccc1O. The Hall–Kier alpha value is -3.25. The highest BCUT2D eigenvalue weighted by Crippen LogP contribution is 2.30. The number of ketones is 1. The lowest BCUT2D eigenvalue weighted by Crippen LogP contribution is -2.05. The molecule has 0 aliphatic carbocycles. The van der Waals surface area contributed by atoms with Gasteiger partial charge in [0, 0.05) is 12.5 Å². The molecule has 4 N–H and O–H groups in total. The summed E-state index contributed by atoms with van der Waals surface area (Å²) in [6.07, 6.45) is 2.63. The van der Waals surface area contributed by atoms with Crippen LogP contribution < -0.4 is 4.74 Å². The number of aliphatic hydroxyl groups is 2. The molecule has 0 aliphatic heterocycles. The molecular weight excluding hydrogens is 336 g/mol. The third-order valence-corrected chi connectivity index (χ3v) is 3.63. The van der Waals surface area contributed by atoms with Crippen molar-refractivity contribution in [3.8, 4) is 17.2 Å². The molecule has 0 radical (unpaired) electrons. The van der Waals surface area contributed by atoms with Gasteiger partial charge in [-0.2, -0.15) is 0 Å². The normalized spacial score (nSPS) is 12.9. The fraction of sp³-hybridized carbons (Fsp3) is 0.150. The van der Waals surface area contributed by atoms with Crippen molar-refractivity contribution in [1.29, 1.82) is 0 Å². The predicted octanol–water partition coefficient (Wildman–Crippen LogP) is 3.25. The number of methoxy groups -OCH3 is 1. The van der Waals surface area contributed by atoms with E-state index in [4.69, 9.17) is 4.74 Å². The first kappa shape index (κ1) is 19.1. The predicted molar refractivity (Wildman–Crippen MR) is 97.1 cm³/mol. The molecule has 0 aromatic heterocycles. The molecule has 1 unspecified atom stereocenters. The van der Waals surface area contributed by atoms with Crippen molar-refractivity contribution in [1.82, 2.24) is 0 Å². The topological polar surface area (TPSA) is 107 Å². The lowest BCUT2D eigenvalue weighted by molar-refractivity contribution is -0.116. The van der Waals surface area contributed by atoms with Crippen molar-refractivity contribution in [2.45, 2.75) is 12.5 Å². The molecule has 0 heterocycles. The van der Waals surface area contributed by atoms with E-state index in [1.807, 2.05) is 0 Å². The Kier molecular flexibility index (Phi) is 6.41. The van der Waals surface area contributed by atoms with E-state index in [1.165, 1.54) is 43.5 Å². The molecule has 1 atom stereocenters. The highest BCUT2D eigenvalue weighted by Gasteiger charge is 2.14. The lowest BCUT2D eigenvalue weighted by Gasteiger charge is -2.11. The smallest absolute Gasteiger partial charge is 0.162 e. The second kappa shape index (κ2) is 8.73. The van der Waals surface area contributed by atoms with Crippen LogP contribution in [0.3, 0.4) is 0 Å². The Balaban J connectivity index is 1.99. The number of carbonyl (C=O) groups excluding carboxylic acids is 1. The van der Waals surface area contributed by atoms with E-state index in [9.17, 15) is 25.2 Å². The maximum Gasteiger partial charge on any atom is 0.162 e. The summed E-state index contributed by atoms with van der Waals surface area (Å²) in [5, 5.41) is 38.7. The Labute approximate surface area is 150 Å². The number of aromatic hydroxyl groups is 2. The molecule has 26 heavy (non-hydrogen) atoms. The minimum Gasteiger partial charge on any atom is -0.508 e. The van der Waals surface area contributed by atoms with E-state index in [0.717, 1.165) is 11.6 Å². The summed E-state index contributed by atoms with van der Waals surface area (Å²) < 4.78 is 4.96.